The largest absolute Gasteiger partial charge is 0.369 e. The molecule has 0 bridgehead atoms. The van der Waals surface area contributed by atoms with Gasteiger partial charge in [0, 0.05) is 18.8 Å². The van der Waals surface area contributed by atoms with Crippen molar-refractivity contribution in [3.63, 3.8) is 0 Å². The zero-order chi connectivity index (χ0) is 13.8. The molecule has 5 heteroatoms. The highest BCUT2D eigenvalue weighted by atomic mass is 16.5. The number of nitrogens with zero attached hydrogens (tertiary/aromatic N) is 3. The number of rotatable bonds is 3. The molecule has 3 rings (SSSR count). The summed E-state index contributed by atoms with van der Waals surface area (Å²) < 4.78 is 7.82. The molecular formula is C15H16N4O. The third-order valence-corrected chi connectivity index (χ3v) is 3.42. The minimum absolute atomic E-state index is 0.0324. The molecule has 0 aliphatic carbocycles. The molecule has 1 unspecified atom stereocenters. The van der Waals surface area contributed by atoms with Crippen LogP contribution in [0, 0.1) is 11.3 Å². The maximum absolute atomic E-state index is 8.70. The third-order valence-electron chi connectivity index (χ3n) is 3.42. The van der Waals surface area contributed by atoms with Crippen molar-refractivity contribution >= 4 is 0 Å². The zero-order valence-electron chi connectivity index (χ0n) is 11.1. The van der Waals surface area contributed by atoms with Crippen LogP contribution in [-0.2, 0) is 11.2 Å². The maximum Gasteiger partial charge on any atom is 0.112 e. The van der Waals surface area contributed by atoms with E-state index in [0.29, 0.717) is 6.42 Å². The molecule has 2 aromatic rings. The van der Waals surface area contributed by atoms with Crippen LogP contribution >= 0.6 is 0 Å². The van der Waals surface area contributed by atoms with Crippen LogP contribution in [0.5, 0.6) is 0 Å². The van der Waals surface area contributed by atoms with Crippen molar-refractivity contribution in [3.05, 3.63) is 48.0 Å². The maximum atomic E-state index is 8.70. The highest BCUT2D eigenvalue weighted by molar-refractivity contribution is 5.37. The summed E-state index contributed by atoms with van der Waals surface area (Å²) in [7, 11) is 0. The van der Waals surface area contributed by atoms with Gasteiger partial charge in [-0.05, 0) is 17.7 Å². The van der Waals surface area contributed by atoms with E-state index in [1.54, 1.807) is 6.33 Å². The summed E-state index contributed by atoms with van der Waals surface area (Å²) in [5, 5.41) is 12.0. The lowest BCUT2D eigenvalue weighted by atomic mass is 10.1. The first-order valence-electron chi connectivity index (χ1n) is 6.69. The van der Waals surface area contributed by atoms with E-state index in [0.717, 1.165) is 36.6 Å². The van der Waals surface area contributed by atoms with Crippen molar-refractivity contribution < 1.29 is 4.74 Å². The second-order valence-corrected chi connectivity index (χ2v) is 4.75. The summed E-state index contributed by atoms with van der Waals surface area (Å²) in [5.74, 6) is 0. The van der Waals surface area contributed by atoms with Crippen molar-refractivity contribution in [1.82, 2.24) is 14.9 Å². The molecule has 0 spiro atoms. The van der Waals surface area contributed by atoms with Gasteiger partial charge in [-0.1, -0.05) is 12.1 Å². The zero-order valence-corrected chi connectivity index (χ0v) is 11.1. The van der Waals surface area contributed by atoms with E-state index in [4.69, 9.17) is 10.00 Å². The van der Waals surface area contributed by atoms with Crippen molar-refractivity contribution in [3.8, 4) is 11.8 Å². The van der Waals surface area contributed by atoms with Crippen LogP contribution in [0.4, 0.5) is 0 Å². The van der Waals surface area contributed by atoms with Gasteiger partial charge in [0.15, 0.2) is 0 Å². The number of hydrogen-bond acceptors (Lipinski definition) is 4. The number of morpholine rings is 1. The average Bonchev–Trinajstić information content (AvgIpc) is 2.99. The molecule has 20 heavy (non-hydrogen) atoms. The van der Waals surface area contributed by atoms with Gasteiger partial charge in [0.25, 0.3) is 0 Å². The number of hydrogen-bond donors (Lipinski definition) is 1. The Morgan fingerprint density at radius 3 is 2.95 bits per heavy atom. The first-order valence-corrected chi connectivity index (χ1v) is 6.69. The van der Waals surface area contributed by atoms with E-state index < -0.39 is 0 Å². The van der Waals surface area contributed by atoms with Gasteiger partial charge in [0.2, 0.25) is 0 Å². The molecule has 2 heterocycles. The summed E-state index contributed by atoms with van der Waals surface area (Å²) in [6.07, 6.45) is 4.12. The minimum Gasteiger partial charge on any atom is -0.369 e. The van der Waals surface area contributed by atoms with Crippen molar-refractivity contribution in [2.75, 3.05) is 19.7 Å². The third kappa shape index (κ3) is 2.57. The van der Waals surface area contributed by atoms with Crippen LogP contribution in [0.3, 0.4) is 0 Å². The van der Waals surface area contributed by atoms with E-state index in [9.17, 15) is 0 Å². The first-order chi connectivity index (χ1) is 9.88. The Kier molecular flexibility index (Phi) is 3.77. The van der Waals surface area contributed by atoms with Crippen LogP contribution in [-0.4, -0.2) is 29.2 Å². The molecule has 0 amide bonds. The molecule has 102 valence electrons. The Bertz CT molecular complexity index is 606. The lowest BCUT2D eigenvalue weighted by molar-refractivity contribution is 0.0240. The van der Waals surface area contributed by atoms with Crippen LogP contribution < -0.4 is 5.32 Å². The van der Waals surface area contributed by atoms with Crippen LogP contribution in [0.25, 0.3) is 5.69 Å². The molecule has 1 N–H and O–H groups in total. The van der Waals surface area contributed by atoms with Gasteiger partial charge in [-0.25, -0.2) is 4.98 Å². The Morgan fingerprint density at radius 1 is 1.40 bits per heavy atom. The predicted octanol–water partition coefficient (Wildman–Crippen LogP) is 1.60. The Balaban J connectivity index is 1.87. The van der Waals surface area contributed by atoms with E-state index in [2.05, 4.69) is 16.4 Å². The second-order valence-electron chi connectivity index (χ2n) is 4.75. The Morgan fingerprint density at radius 2 is 2.25 bits per heavy atom. The van der Waals surface area contributed by atoms with Gasteiger partial charge in [-0.3, -0.25) is 0 Å². The molecule has 1 aliphatic rings. The highest BCUT2D eigenvalue weighted by Crippen LogP contribution is 2.22. The van der Waals surface area contributed by atoms with Gasteiger partial charge in [0.1, 0.15) is 6.10 Å². The fourth-order valence-corrected chi connectivity index (χ4v) is 2.38. The van der Waals surface area contributed by atoms with E-state index >= 15 is 0 Å². The molecule has 1 aliphatic heterocycles. The lowest BCUT2D eigenvalue weighted by Gasteiger charge is -2.24. The average molecular weight is 268 g/mol. The normalized spacial score (nSPS) is 18.6. The molecule has 1 saturated heterocycles. The number of imidazole rings is 1. The second kappa shape index (κ2) is 5.87. The standard InChI is InChI=1S/C15H16N4O/c16-6-5-12-1-3-13(4-2-12)19-11-18-9-14(19)15-10-17-7-8-20-15/h1-4,9,11,15,17H,5,7-8,10H2. The van der Waals surface area contributed by atoms with E-state index in [1.807, 2.05) is 35.0 Å². The summed E-state index contributed by atoms with van der Waals surface area (Å²) in [6, 6.07) is 10.1. The fraction of sp³-hybridized carbons (Fsp3) is 0.333. The number of benzene rings is 1. The van der Waals surface area contributed by atoms with Gasteiger partial charge >= 0.3 is 0 Å². The number of aromatic nitrogens is 2. The molecular weight excluding hydrogens is 252 g/mol. The molecule has 1 aromatic carbocycles. The minimum atomic E-state index is 0.0324. The van der Waals surface area contributed by atoms with Gasteiger partial charge in [0.05, 0.1) is 37.3 Å². The lowest BCUT2D eigenvalue weighted by Crippen LogP contribution is -2.34. The summed E-state index contributed by atoms with van der Waals surface area (Å²) in [4.78, 5) is 4.24. The molecule has 0 radical (unpaired) electrons. The summed E-state index contributed by atoms with van der Waals surface area (Å²) >= 11 is 0. The van der Waals surface area contributed by atoms with E-state index in [-0.39, 0.29) is 6.10 Å². The summed E-state index contributed by atoms with van der Waals surface area (Å²) in [5.41, 5.74) is 3.10. The smallest absolute Gasteiger partial charge is 0.112 e. The molecule has 1 atom stereocenters. The Hall–Kier alpha value is -2.16. The van der Waals surface area contributed by atoms with Crippen LogP contribution in [0.1, 0.15) is 17.4 Å². The Labute approximate surface area is 117 Å². The SMILES string of the molecule is N#CCc1ccc(-n2cncc2C2CNCCO2)cc1. The van der Waals surface area contributed by atoms with Gasteiger partial charge in [-0.15, -0.1) is 0 Å². The van der Waals surface area contributed by atoms with Gasteiger partial charge in [-0.2, -0.15) is 5.26 Å². The molecule has 1 fully saturated rings. The highest BCUT2D eigenvalue weighted by Gasteiger charge is 2.19. The van der Waals surface area contributed by atoms with Gasteiger partial charge < -0.3 is 14.6 Å². The first kappa shape index (κ1) is 12.9. The molecule has 5 nitrogen and oxygen atoms in total. The quantitative estimate of drug-likeness (QED) is 0.918. The van der Waals surface area contributed by atoms with Crippen LogP contribution in [0.15, 0.2) is 36.8 Å². The van der Waals surface area contributed by atoms with E-state index in [1.165, 1.54) is 0 Å². The van der Waals surface area contributed by atoms with Crippen molar-refractivity contribution in [2.45, 2.75) is 12.5 Å². The topological polar surface area (TPSA) is 62.9 Å². The number of nitrogens with one attached hydrogen (secondary N) is 1. The monoisotopic (exact) mass is 268 g/mol. The molecule has 1 aromatic heterocycles. The number of ether oxygens (including phenoxy) is 1. The summed E-state index contributed by atoms with van der Waals surface area (Å²) in [6.45, 7) is 2.42. The predicted molar refractivity (Wildman–Crippen MR) is 74.4 cm³/mol. The van der Waals surface area contributed by atoms with Crippen molar-refractivity contribution in [1.29, 1.82) is 5.26 Å². The molecule has 0 saturated carbocycles. The fourth-order valence-electron chi connectivity index (χ4n) is 2.38. The number of nitriles is 1. The van der Waals surface area contributed by atoms with Crippen molar-refractivity contribution in [2.24, 2.45) is 0 Å². The van der Waals surface area contributed by atoms with Crippen LogP contribution in [0.2, 0.25) is 0 Å².